The molecule has 1 heterocycles. The molecule has 1 saturated heterocycles. The van der Waals surface area contributed by atoms with Crippen molar-refractivity contribution in [2.75, 3.05) is 48.3 Å². The number of aryl methyl sites for hydroxylation is 1. The van der Waals surface area contributed by atoms with Gasteiger partial charge in [-0.3, -0.25) is 9.69 Å². The van der Waals surface area contributed by atoms with Crippen molar-refractivity contribution in [1.29, 1.82) is 0 Å². The van der Waals surface area contributed by atoms with Crippen molar-refractivity contribution in [3.05, 3.63) is 54.1 Å². The maximum atomic E-state index is 12.2. The second kappa shape index (κ2) is 8.65. The van der Waals surface area contributed by atoms with Crippen LogP contribution in [0.25, 0.3) is 0 Å². The number of nitrogens with zero attached hydrogens (tertiary/aromatic N) is 2. The second-order valence-electron chi connectivity index (χ2n) is 7.84. The number of para-hydroxylation sites is 1. The number of anilines is 3. The highest BCUT2D eigenvalue weighted by molar-refractivity contribution is 5.91. The third kappa shape index (κ3) is 4.84. The standard InChI is InChI=1S/C23H30N4O/c1-18-4-2-3-5-22(18)24-13-12-23(28)25-19-6-8-20(9-7-19)26-14-16-27(17-15-26)21-10-11-21/h2-9,21,24H,10-17H2,1H3,(H,25,28). The molecule has 4 rings (SSSR count). The lowest BCUT2D eigenvalue weighted by Crippen LogP contribution is -2.47. The van der Waals surface area contributed by atoms with E-state index in [-0.39, 0.29) is 5.91 Å². The van der Waals surface area contributed by atoms with E-state index >= 15 is 0 Å². The average Bonchev–Trinajstić information content (AvgIpc) is 3.56. The lowest BCUT2D eigenvalue weighted by Gasteiger charge is -2.36. The van der Waals surface area contributed by atoms with E-state index in [2.05, 4.69) is 45.6 Å². The summed E-state index contributed by atoms with van der Waals surface area (Å²) in [6.45, 7) is 7.20. The van der Waals surface area contributed by atoms with E-state index in [9.17, 15) is 4.79 Å². The molecule has 28 heavy (non-hydrogen) atoms. The van der Waals surface area contributed by atoms with E-state index in [1.807, 2.05) is 30.3 Å². The molecule has 0 bridgehead atoms. The fourth-order valence-corrected chi connectivity index (χ4v) is 3.85. The van der Waals surface area contributed by atoms with Crippen LogP contribution in [0.5, 0.6) is 0 Å². The van der Waals surface area contributed by atoms with Crippen LogP contribution >= 0.6 is 0 Å². The van der Waals surface area contributed by atoms with Gasteiger partial charge in [-0.15, -0.1) is 0 Å². The van der Waals surface area contributed by atoms with E-state index < -0.39 is 0 Å². The van der Waals surface area contributed by atoms with Gasteiger partial charge in [0, 0.05) is 62.2 Å². The van der Waals surface area contributed by atoms with E-state index in [0.29, 0.717) is 13.0 Å². The molecule has 2 aromatic carbocycles. The fourth-order valence-electron chi connectivity index (χ4n) is 3.85. The Balaban J connectivity index is 1.21. The number of rotatable bonds is 7. The molecule has 0 aromatic heterocycles. The first-order valence-electron chi connectivity index (χ1n) is 10.4. The van der Waals surface area contributed by atoms with E-state index in [4.69, 9.17) is 0 Å². The summed E-state index contributed by atoms with van der Waals surface area (Å²) >= 11 is 0. The van der Waals surface area contributed by atoms with Gasteiger partial charge in [-0.05, 0) is 55.7 Å². The molecular weight excluding hydrogens is 348 g/mol. The number of carbonyl (C=O) groups is 1. The molecule has 0 radical (unpaired) electrons. The zero-order valence-corrected chi connectivity index (χ0v) is 16.7. The average molecular weight is 379 g/mol. The molecule has 1 aliphatic carbocycles. The van der Waals surface area contributed by atoms with E-state index in [0.717, 1.165) is 43.6 Å². The molecular formula is C23H30N4O. The predicted molar refractivity (Wildman–Crippen MR) is 116 cm³/mol. The highest BCUT2D eigenvalue weighted by Gasteiger charge is 2.31. The second-order valence-corrected chi connectivity index (χ2v) is 7.84. The van der Waals surface area contributed by atoms with Crippen LogP contribution < -0.4 is 15.5 Å². The van der Waals surface area contributed by atoms with Crippen molar-refractivity contribution in [3.8, 4) is 0 Å². The van der Waals surface area contributed by atoms with E-state index in [1.54, 1.807) is 0 Å². The van der Waals surface area contributed by atoms with Gasteiger partial charge < -0.3 is 15.5 Å². The number of benzene rings is 2. The summed E-state index contributed by atoms with van der Waals surface area (Å²) in [6.07, 6.45) is 3.21. The van der Waals surface area contributed by atoms with Crippen LogP contribution in [0.4, 0.5) is 17.1 Å². The van der Waals surface area contributed by atoms with E-state index in [1.165, 1.54) is 24.1 Å². The topological polar surface area (TPSA) is 47.6 Å². The Morgan fingerprint density at radius 2 is 1.71 bits per heavy atom. The molecule has 2 fully saturated rings. The van der Waals surface area contributed by atoms with Gasteiger partial charge in [0.25, 0.3) is 0 Å². The minimum atomic E-state index is 0.0341. The number of nitrogens with one attached hydrogen (secondary N) is 2. The maximum Gasteiger partial charge on any atom is 0.226 e. The zero-order chi connectivity index (χ0) is 19.3. The van der Waals surface area contributed by atoms with Gasteiger partial charge in [0.2, 0.25) is 5.91 Å². The Morgan fingerprint density at radius 3 is 2.39 bits per heavy atom. The molecule has 0 spiro atoms. The number of hydrogen-bond acceptors (Lipinski definition) is 4. The number of piperazine rings is 1. The lowest BCUT2D eigenvalue weighted by atomic mass is 10.2. The molecule has 148 valence electrons. The van der Waals surface area contributed by atoms with Crippen molar-refractivity contribution in [3.63, 3.8) is 0 Å². The number of amides is 1. The third-order valence-electron chi connectivity index (χ3n) is 5.71. The van der Waals surface area contributed by atoms with Crippen LogP contribution in [0.2, 0.25) is 0 Å². The maximum absolute atomic E-state index is 12.2. The minimum absolute atomic E-state index is 0.0341. The van der Waals surface area contributed by atoms with Gasteiger partial charge in [0.15, 0.2) is 0 Å². The van der Waals surface area contributed by atoms with Crippen LogP contribution in [0, 0.1) is 6.92 Å². The first-order chi connectivity index (χ1) is 13.7. The molecule has 2 aliphatic rings. The Morgan fingerprint density at radius 1 is 1.00 bits per heavy atom. The van der Waals surface area contributed by atoms with Gasteiger partial charge in [-0.1, -0.05) is 18.2 Å². The van der Waals surface area contributed by atoms with Crippen molar-refractivity contribution in [1.82, 2.24) is 4.90 Å². The van der Waals surface area contributed by atoms with Crippen LogP contribution in [0.15, 0.2) is 48.5 Å². The summed E-state index contributed by atoms with van der Waals surface area (Å²) in [5.74, 6) is 0.0341. The smallest absolute Gasteiger partial charge is 0.226 e. The summed E-state index contributed by atoms with van der Waals surface area (Å²) in [5.41, 5.74) is 4.38. The predicted octanol–water partition coefficient (Wildman–Crippen LogP) is 3.72. The monoisotopic (exact) mass is 378 g/mol. The van der Waals surface area contributed by atoms with Crippen molar-refractivity contribution >= 4 is 23.0 Å². The Bertz CT molecular complexity index is 793. The Kier molecular flexibility index (Phi) is 5.81. The third-order valence-corrected chi connectivity index (χ3v) is 5.71. The summed E-state index contributed by atoms with van der Waals surface area (Å²) in [7, 11) is 0. The molecule has 2 aromatic rings. The summed E-state index contributed by atoms with van der Waals surface area (Å²) in [6, 6.07) is 17.2. The molecule has 5 heteroatoms. The van der Waals surface area contributed by atoms with Gasteiger partial charge in [-0.2, -0.15) is 0 Å². The highest BCUT2D eigenvalue weighted by atomic mass is 16.1. The fraction of sp³-hybridized carbons (Fsp3) is 0.435. The van der Waals surface area contributed by atoms with Gasteiger partial charge in [0.1, 0.15) is 0 Å². The quantitative estimate of drug-likeness (QED) is 0.771. The summed E-state index contributed by atoms with van der Waals surface area (Å²) in [5, 5.41) is 6.32. The van der Waals surface area contributed by atoms with Gasteiger partial charge in [0.05, 0.1) is 0 Å². The molecule has 5 nitrogen and oxygen atoms in total. The Hall–Kier alpha value is -2.53. The van der Waals surface area contributed by atoms with Crippen LogP contribution in [0.1, 0.15) is 24.8 Å². The SMILES string of the molecule is Cc1ccccc1NCCC(=O)Nc1ccc(N2CCN(C3CC3)CC2)cc1. The largest absolute Gasteiger partial charge is 0.384 e. The Labute approximate surface area is 167 Å². The van der Waals surface area contributed by atoms with Crippen LogP contribution in [-0.2, 0) is 4.79 Å². The normalized spacial score (nSPS) is 17.4. The molecule has 0 atom stereocenters. The summed E-state index contributed by atoms with van der Waals surface area (Å²) in [4.78, 5) is 17.3. The molecule has 1 amide bonds. The molecule has 2 N–H and O–H groups in total. The zero-order valence-electron chi connectivity index (χ0n) is 16.7. The van der Waals surface area contributed by atoms with Crippen molar-refractivity contribution in [2.45, 2.75) is 32.2 Å². The minimum Gasteiger partial charge on any atom is -0.384 e. The number of carbonyl (C=O) groups excluding carboxylic acids is 1. The van der Waals surface area contributed by atoms with Crippen LogP contribution in [0.3, 0.4) is 0 Å². The highest BCUT2D eigenvalue weighted by Crippen LogP contribution is 2.28. The number of hydrogen-bond donors (Lipinski definition) is 2. The van der Waals surface area contributed by atoms with Crippen molar-refractivity contribution in [2.24, 2.45) is 0 Å². The first-order valence-corrected chi connectivity index (χ1v) is 10.4. The summed E-state index contributed by atoms with van der Waals surface area (Å²) < 4.78 is 0. The van der Waals surface area contributed by atoms with Gasteiger partial charge in [-0.25, -0.2) is 0 Å². The van der Waals surface area contributed by atoms with Crippen LogP contribution in [-0.4, -0.2) is 49.6 Å². The molecule has 1 saturated carbocycles. The lowest BCUT2D eigenvalue weighted by molar-refractivity contribution is -0.115. The van der Waals surface area contributed by atoms with Crippen molar-refractivity contribution < 1.29 is 4.79 Å². The molecule has 1 aliphatic heterocycles. The first kappa shape index (κ1) is 18.8. The van der Waals surface area contributed by atoms with Gasteiger partial charge >= 0.3 is 0 Å². The molecule has 0 unspecified atom stereocenters.